The first-order valence-electron chi connectivity index (χ1n) is 14.9. The van der Waals surface area contributed by atoms with Crippen LogP contribution in [0.1, 0.15) is 52.2 Å². The summed E-state index contributed by atoms with van der Waals surface area (Å²) in [5.74, 6) is -1.50. The average molecular weight is 459 g/mol. The first-order valence-corrected chi connectivity index (χ1v) is 10.4. The topological polar surface area (TPSA) is 88.2 Å². The van der Waals surface area contributed by atoms with Crippen molar-refractivity contribution in [3.63, 3.8) is 0 Å². The highest BCUT2D eigenvalue weighted by Crippen LogP contribution is 2.34. The minimum Gasteiger partial charge on any atom is -0.489 e. The first-order chi connectivity index (χ1) is 19.4. The fraction of sp³-hybridized carbons (Fsp3) is 0.400. The van der Waals surface area contributed by atoms with Gasteiger partial charge in [-0.05, 0) is 29.7 Å². The van der Waals surface area contributed by atoms with Gasteiger partial charge in [-0.3, -0.25) is 24.6 Å². The standard InChI is InChI=1S/C25H27N3O5/c29-23-9-8-21(24(30)26-23)28-15-20-19(25(28)31)2-1-3-22(20)33-16-18-6-4-17(5-7-18)14-27-10-12-32-13-11-27/h1-7,21H,8-16H2,(H,26,29,30)/i10D2,11D2,12D2,13D2,21D. The lowest BCUT2D eigenvalue weighted by Gasteiger charge is -2.29. The molecule has 3 aliphatic rings. The zero-order valence-electron chi connectivity index (χ0n) is 26.5. The second-order valence-corrected chi connectivity index (χ2v) is 7.72. The van der Waals surface area contributed by atoms with E-state index in [1.807, 2.05) is 0 Å². The van der Waals surface area contributed by atoms with Crippen LogP contribution in [0.2, 0.25) is 0 Å². The molecule has 1 atom stereocenters. The van der Waals surface area contributed by atoms with E-state index >= 15 is 0 Å². The van der Waals surface area contributed by atoms with Crippen LogP contribution in [0.4, 0.5) is 0 Å². The lowest BCUT2D eigenvalue weighted by Crippen LogP contribution is -2.52. The average Bonchev–Trinajstić information content (AvgIpc) is 3.25. The van der Waals surface area contributed by atoms with Crippen LogP contribution in [-0.4, -0.2) is 59.7 Å². The van der Waals surface area contributed by atoms with Crippen LogP contribution in [-0.2, 0) is 34.0 Å². The monoisotopic (exact) mass is 458 g/mol. The molecule has 33 heavy (non-hydrogen) atoms. The Morgan fingerprint density at radius 2 is 1.85 bits per heavy atom. The molecule has 2 aromatic carbocycles. The molecule has 0 aliphatic carbocycles. The first kappa shape index (κ1) is 13.5. The summed E-state index contributed by atoms with van der Waals surface area (Å²) < 4.78 is 83.0. The van der Waals surface area contributed by atoms with Gasteiger partial charge in [-0.25, -0.2) is 0 Å². The van der Waals surface area contributed by atoms with E-state index < -0.39 is 56.4 Å². The molecule has 8 nitrogen and oxygen atoms in total. The molecule has 3 amide bonds. The molecule has 5 rings (SSSR count). The molecular formula is C25H27N3O5. The maximum absolute atomic E-state index is 13.1. The lowest BCUT2D eigenvalue weighted by atomic mass is 10.0. The smallest absolute Gasteiger partial charge is 0.255 e. The Morgan fingerprint density at radius 3 is 2.61 bits per heavy atom. The van der Waals surface area contributed by atoms with Gasteiger partial charge in [0.2, 0.25) is 11.8 Å². The van der Waals surface area contributed by atoms with E-state index in [-0.39, 0.29) is 31.6 Å². The van der Waals surface area contributed by atoms with Gasteiger partial charge >= 0.3 is 0 Å². The van der Waals surface area contributed by atoms with Crippen LogP contribution in [0.3, 0.4) is 0 Å². The Bertz CT molecular complexity index is 1430. The SMILES string of the molecule is [2H]C1(N2Cc3c(OCc4ccc(CN5C([2H])([2H])C([2H])([2H])OC([2H])([2H])C5([2H])[2H])cc4)cccc3C2=O)CCC(=O)NC1=O. The summed E-state index contributed by atoms with van der Waals surface area (Å²) in [6, 6.07) is 9.28. The predicted molar refractivity (Wildman–Crippen MR) is 119 cm³/mol. The summed E-state index contributed by atoms with van der Waals surface area (Å²) in [4.78, 5) is 38.7. The summed E-state index contributed by atoms with van der Waals surface area (Å²) in [7, 11) is 0. The van der Waals surface area contributed by atoms with Crippen molar-refractivity contribution in [2.45, 2.75) is 38.6 Å². The molecule has 3 heterocycles. The van der Waals surface area contributed by atoms with Crippen molar-refractivity contribution < 1.29 is 36.2 Å². The van der Waals surface area contributed by atoms with Gasteiger partial charge in [0, 0.05) is 42.6 Å². The zero-order chi connectivity index (χ0) is 30.9. The number of nitrogens with one attached hydrogen (secondary N) is 1. The second-order valence-electron chi connectivity index (χ2n) is 7.72. The molecule has 1 N–H and O–H groups in total. The van der Waals surface area contributed by atoms with E-state index in [1.165, 1.54) is 0 Å². The molecule has 8 heteroatoms. The molecule has 0 saturated carbocycles. The highest BCUT2D eigenvalue weighted by atomic mass is 16.5. The largest absolute Gasteiger partial charge is 0.489 e. The number of hydrogen-bond donors (Lipinski definition) is 1. The van der Waals surface area contributed by atoms with Crippen molar-refractivity contribution >= 4 is 17.7 Å². The molecule has 1 unspecified atom stereocenters. The highest BCUT2D eigenvalue weighted by molar-refractivity contribution is 6.05. The zero-order valence-corrected chi connectivity index (χ0v) is 17.5. The van der Waals surface area contributed by atoms with E-state index in [4.69, 9.17) is 17.1 Å². The van der Waals surface area contributed by atoms with E-state index in [0.29, 0.717) is 27.3 Å². The third-order valence-electron chi connectivity index (χ3n) is 5.58. The predicted octanol–water partition coefficient (Wildman–Crippen LogP) is 1.86. The fourth-order valence-electron chi connectivity index (χ4n) is 3.89. The Morgan fingerprint density at radius 1 is 1.09 bits per heavy atom. The summed E-state index contributed by atoms with van der Waals surface area (Å²) in [6.45, 7) is -12.7. The van der Waals surface area contributed by atoms with Crippen LogP contribution in [0.5, 0.6) is 5.75 Å². The number of amides is 3. The molecule has 0 aromatic heterocycles. The highest BCUT2D eigenvalue weighted by Gasteiger charge is 2.40. The summed E-state index contributed by atoms with van der Waals surface area (Å²) >= 11 is 0. The molecule has 2 fully saturated rings. The van der Waals surface area contributed by atoms with Gasteiger partial charge in [-0.1, -0.05) is 30.3 Å². The summed E-state index contributed by atoms with van der Waals surface area (Å²) in [5.41, 5.74) is 1.81. The number of rotatable bonds is 6. The summed E-state index contributed by atoms with van der Waals surface area (Å²) in [6.07, 6.45) is -0.182. The van der Waals surface area contributed by atoms with E-state index in [9.17, 15) is 14.4 Å². The number of hydrogen-bond acceptors (Lipinski definition) is 6. The maximum atomic E-state index is 13.1. The van der Waals surface area contributed by atoms with Crippen molar-refractivity contribution in [2.24, 2.45) is 0 Å². The van der Waals surface area contributed by atoms with Crippen molar-refractivity contribution in [3.8, 4) is 5.75 Å². The number of morpholine rings is 1. The fourth-order valence-corrected chi connectivity index (χ4v) is 3.89. The Balaban J connectivity index is 1.29. The number of imide groups is 1. The number of nitrogens with zero attached hydrogens (tertiary/aromatic N) is 2. The number of benzene rings is 2. The van der Waals surface area contributed by atoms with Crippen molar-refractivity contribution in [1.29, 1.82) is 0 Å². The molecule has 0 bridgehead atoms. The normalized spacial score (nSPS) is 33.5. The van der Waals surface area contributed by atoms with Crippen molar-refractivity contribution in [2.75, 3.05) is 26.1 Å². The minimum absolute atomic E-state index is 0.0379. The second kappa shape index (κ2) is 9.33. The number of carbonyl (C=O) groups excluding carboxylic acids is 3. The summed E-state index contributed by atoms with van der Waals surface area (Å²) in [5, 5.41) is 2.12. The number of fused-ring (bicyclic) bond motifs is 1. The van der Waals surface area contributed by atoms with Crippen molar-refractivity contribution in [3.05, 3.63) is 64.7 Å². The van der Waals surface area contributed by atoms with Gasteiger partial charge in [0.15, 0.2) is 0 Å². The Kier molecular flexibility index (Phi) is 3.81. The molecule has 2 saturated heterocycles. The van der Waals surface area contributed by atoms with Crippen LogP contribution in [0.25, 0.3) is 0 Å². The van der Waals surface area contributed by atoms with Crippen LogP contribution >= 0.6 is 0 Å². The van der Waals surface area contributed by atoms with Gasteiger partial charge < -0.3 is 14.4 Å². The van der Waals surface area contributed by atoms with E-state index in [1.54, 1.807) is 42.5 Å². The van der Waals surface area contributed by atoms with Gasteiger partial charge in [0.1, 0.15) is 18.4 Å². The maximum Gasteiger partial charge on any atom is 0.255 e. The Labute approximate surface area is 205 Å². The van der Waals surface area contributed by atoms with Crippen molar-refractivity contribution in [1.82, 2.24) is 15.1 Å². The number of carbonyl (C=O) groups is 3. The molecule has 172 valence electrons. The van der Waals surface area contributed by atoms with Gasteiger partial charge in [-0.15, -0.1) is 0 Å². The van der Waals surface area contributed by atoms with Crippen LogP contribution in [0.15, 0.2) is 42.5 Å². The minimum atomic E-state index is -3.12. The molecule has 0 radical (unpaired) electrons. The number of piperidine rings is 1. The van der Waals surface area contributed by atoms with Crippen LogP contribution in [0, 0.1) is 0 Å². The molecule has 3 aliphatic heterocycles. The molecule has 0 spiro atoms. The van der Waals surface area contributed by atoms with E-state index in [2.05, 4.69) is 10.1 Å². The van der Waals surface area contributed by atoms with Crippen LogP contribution < -0.4 is 10.1 Å². The quantitative estimate of drug-likeness (QED) is 0.665. The molecule has 2 aromatic rings. The number of ether oxygens (including phenoxy) is 2. The molecular weight excluding hydrogens is 422 g/mol. The third kappa shape index (κ3) is 4.62. The third-order valence-corrected chi connectivity index (χ3v) is 5.58. The van der Waals surface area contributed by atoms with Gasteiger partial charge in [-0.2, -0.15) is 0 Å². The lowest BCUT2D eigenvalue weighted by molar-refractivity contribution is -0.136. The van der Waals surface area contributed by atoms with Gasteiger partial charge in [0.05, 0.1) is 26.5 Å². The van der Waals surface area contributed by atoms with Gasteiger partial charge in [0.25, 0.3) is 5.91 Å². The van der Waals surface area contributed by atoms with E-state index in [0.717, 1.165) is 4.90 Å². The Hall–Kier alpha value is -3.23.